The summed E-state index contributed by atoms with van der Waals surface area (Å²) >= 11 is 16.9. The van der Waals surface area contributed by atoms with Crippen molar-refractivity contribution in [3.05, 3.63) is 58.1 Å². The second-order valence-electron chi connectivity index (χ2n) is 7.54. The van der Waals surface area contributed by atoms with Crippen molar-refractivity contribution in [1.82, 2.24) is 16.2 Å². The number of ether oxygens (including phenoxy) is 2. The van der Waals surface area contributed by atoms with Crippen LogP contribution < -0.4 is 25.6 Å². The average molecular weight is 512 g/mol. The van der Waals surface area contributed by atoms with Crippen LogP contribution in [0.5, 0.6) is 11.5 Å². The molecule has 0 bridgehead atoms. The first-order valence-electron chi connectivity index (χ1n) is 10.5. The third kappa shape index (κ3) is 10.3. The van der Waals surface area contributed by atoms with Crippen LogP contribution >= 0.6 is 35.4 Å². The quantitative estimate of drug-likeness (QED) is 0.238. The number of carbonyl (C=O) groups excluding carboxylic acids is 2. The monoisotopic (exact) mass is 511 g/mol. The van der Waals surface area contributed by atoms with Crippen molar-refractivity contribution in [2.75, 3.05) is 13.2 Å². The van der Waals surface area contributed by atoms with Crippen LogP contribution in [-0.2, 0) is 4.79 Å². The maximum atomic E-state index is 12.4. The van der Waals surface area contributed by atoms with E-state index in [0.717, 1.165) is 6.42 Å². The topological polar surface area (TPSA) is 88.7 Å². The Morgan fingerprint density at radius 2 is 1.82 bits per heavy atom. The van der Waals surface area contributed by atoms with Gasteiger partial charge in [-0.3, -0.25) is 25.8 Å². The number of nitrogens with one attached hydrogen (secondary N) is 3. The molecule has 0 heterocycles. The number of carbonyl (C=O) groups is 2. The number of hydrogen-bond donors (Lipinski definition) is 3. The van der Waals surface area contributed by atoms with Crippen LogP contribution in [0.1, 0.15) is 43.5 Å². The van der Waals surface area contributed by atoms with E-state index in [-0.39, 0.29) is 17.4 Å². The van der Waals surface area contributed by atoms with E-state index in [1.807, 2.05) is 0 Å². The number of thiocarbonyl (C=S) groups is 1. The van der Waals surface area contributed by atoms with Crippen LogP contribution in [0.15, 0.2) is 42.5 Å². The van der Waals surface area contributed by atoms with Crippen molar-refractivity contribution in [1.29, 1.82) is 0 Å². The number of halogens is 2. The zero-order valence-corrected chi connectivity index (χ0v) is 20.8. The Balaban J connectivity index is 1.67. The van der Waals surface area contributed by atoms with E-state index in [1.54, 1.807) is 42.5 Å². The van der Waals surface area contributed by atoms with Crippen LogP contribution in [0.25, 0.3) is 0 Å². The molecular formula is C23H27Cl2N3O4S. The third-order valence-electron chi connectivity index (χ3n) is 4.30. The molecule has 0 unspecified atom stereocenters. The van der Waals surface area contributed by atoms with Crippen LogP contribution in [0.3, 0.4) is 0 Å². The molecule has 0 radical (unpaired) electrons. The van der Waals surface area contributed by atoms with Crippen LogP contribution in [0, 0.1) is 5.92 Å². The number of hydrazine groups is 1. The molecular weight excluding hydrogens is 485 g/mol. The first-order chi connectivity index (χ1) is 15.7. The van der Waals surface area contributed by atoms with E-state index >= 15 is 0 Å². The van der Waals surface area contributed by atoms with Crippen molar-refractivity contribution >= 4 is 52.3 Å². The standard InChI is InChI=1S/C23H27Cl2N3O4S/c1-15(2)10-12-31-18-6-3-5-16(13-18)22(30)26-23(33)28-27-21(29)7-4-11-32-20-9-8-17(24)14-19(20)25/h3,5-6,8-9,13-15H,4,7,10-12H2,1-2H3,(H,27,29)(H2,26,28,30,33). The summed E-state index contributed by atoms with van der Waals surface area (Å²) in [4.78, 5) is 24.3. The molecule has 33 heavy (non-hydrogen) atoms. The molecule has 0 saturated heterocycles. The molecule has 0 saturated carbocycles. The summed E-state index contributed by atoms with van der Waals surface area (Å²) in [7, 11) is 0. The first-order valence-corrected chi connectivity index (χ1v) is 11.6. The van der Waals surface area contributed by atoms with E-state index < -0.39 is 5.91 Å². The maximum absolute atomic E-state index is 12.4. The molecule has 7 nitrogen and oxygen atoms in total. The zero-order valence-electron chi connectivity index (χ0n) is 18.5. The smallest absolute Gasteiger partial charge is 0.257 e. The first kappa shape index (κ1) is 26.7. The Labute approximate surface area is 209 Å². The van der Waals surface area contributed by atoms with Gasteiger partial charge in [-0.1, -0.05) is 43.1 Å². The molecule has 178 valence electrons. The summed E-state index contributed by atoms with van der Waals surface area (Å²) in [6, 6.07) is 11.7. The highest BCUT2D eigenvalue weighted by Crippen LogP contribution is 2.27. The van der Waals surface area contributed by atoms with E-state index in [0.29, 0.717) is 52.7 Å². The molecule has 0 spiro atoms. The number of benzene rings is 2. The SMILES string of the molecule is CC(C)CCOc1cccc(C(=O)NC(=S)NNC(=O)CCCOc2ccc(Cl)cc2Cl)c1. The van der Waals surface area contributed by atoms with E-state index in [1.165, 1.54) is 0 Å². The fourth-order valence-electron chi connectivity index (χ4n) is 2.54. The minimum absolute atomic E-state index is 0.0244. The Bertz CT molecular complexity index is 972. The summed E-state index contributed by atoms with van der Waals surface area (Å²) in [6.45, 7) is 5.11. The second-order valence-corrected chi connectivity index (χ2v) is 8.79. The Hall–Kier alpha value is -2.55. The fraction of sp³-hybridized carbons (Fsp3) is 0.348. The zero-order chi connectivity index (χ0) is 24.2. The van der Waals surface area contributed by atoms with Gasteiger partial charge in [0.15, 0.2) is 5.11 Å². The molecule has 2 rings (SSSR count). The average Bonchev–Trinajstić information content (AvgIpc) is 2.76. The summed E-state index contributed by atoms with van der Waals surface area (Å²) < 4.78 is 11.2. The second kappa shape index (κ2) is 13.9. The van der Waals surface area contributed by atoms with Crippen molar-refractivity contribution in [3.63, 3.8) is 0 Å². The lowest BCUT2D eigenvalue weighted by atomic mass is 10.1. The molecule has 3 N–H and O–H groups in total. The highest BCUT2D eigenvalue weighted by atomic mass is 35.5. The molecule has 2 aromatic rings. The van der Waals surface area contributed by atoms with Gasteiger partial charge in [-0.25, -0.2) is 0 Å². The summed E-state index contributed by atoms with van der Waals surface area (Å²) in [5.74, 6) is 0.919. The predicted molar refractivity (Wildman–Crippen MR) is 134 cm³/mol. The Kier molecular flexibility index (Phi) is 11.2. The molecule has 0 atom stereocenters. The highest BCUT2D eigenvalue weighted by molar-refractivity contribution is 7.80. The van der Waals surface area contributed by atoms with Crippen molar-refractivity contribution in [2.45, 2.75) is 33.1 Å². The van der Waals surface area contributed by atoms with Gasteiger partial charge in [-0.15, -0.1) is 0 Å². The van der Waals surface area contributed by atoms with Crippen molar-refractivity contribution < 1.29 is 19.1 Å². The van der Waals surface area contributed by atoms with Gasteiger partial charge in [0, 0.05) is 17.0 Å². The van der Waals surface area contributed by atoms with Crippen LogP contribution in [-0.4, -0.2) is 30.1 Å². The highest BCUT2D eigenvalue weighted by Gasteiger charge is 2.10. The van der Waals surface area contributed by atoms with E-state index in [4.69, 9.17) is 44.9 Å². The molecule has 0 fully saturated rings. The molecule has 2 aromatic carbocycles. The maximum Gasteiger partial charge on any atom is 0.257 e. The van der Waals surface area contributed by atoms with Gasteiger partial charge >= 0.3 is 0 Å². The normalized spacial score (nSPS) is 10.5. The van der Waals surface area contributed by atoms with Gasteiger partial charge in [0.1, 0.15) is 11.5 Å². The summed E-state index contributed by atoms with van der Waals surface area (Å²) in [5.41, 5.74) is 5.34. The summed E-state index contributed by atoms with van der Waals surface area (Å²) in [6.07, 6.45) is 1.56. The van der Waals surface area contributed by atoms with Gasteiger partial charge in [0.2, 0.25) is 5.91 Å². The van der Waals surface area contributed by atoms with Crippen LogP contribution in [0.2, 0.25) is 10.0 Å². The third-order valence-corrected chi connectivity index (χ3v) is 5.04. The van der Waals surface area contributed by atoms with E-state index in [9.17, 15) is 9.59 Å². The molecule has 10 heteroatoms. The van der Waals surface area contributed by atoms with Gasteiger partial charge in [-0.05, 0) is 67.4 Å². The van der Waals surface area contributed by atoms with E-state index in [2.05, 4.69) is 30.0 Å². The molecule has 0 aliphatic heterocycles. The summed E-state index contributed by atoms with van der Waals surface area (Å²) in [5, 5.41) is 3.41. The van der Waals surface area contributed by atoms with Crippen molar-refractivity contribution in [3.8, 4) is 11.5 Å². The number of hydrogen-bond acceptors (Lipinski definition) is 5. The minimum atomic E-state index is -0.413. The largest absolute Gasteiger partial charge is 0.494 e. The fourth-order valence-corrected chi connectivity index (χ4v) is 3.15. The molecule has 0 aliphatic rings. The van der Waals surface area contributed by atoms with Crippen LogP contribution in [0.4, 0.5) is 0 Å². The van der Waals surface area contributed by atoms with Gasteiger partial charge < -0.3 is 9.47 Å². The molecule has 0 aromatic heterocycles. The minimum Gasteiger partial charge on any atom is -0.494 e. The lowest BCUT2D eigenvalue weighted by Crippen LogP contribution is -2.48. The van der Waals surface area contributed by atoms with Gasteiger partial charge in [-0.2, -0.15) is 0 Å². The predicted octanol–water partition coefficient (Wildman–Crippen LogP) is 4.91. The lowest BCUT2D eigenvalue weighted by Gasteiger charge is -2.12. The molecule has 0 aliphatic carbocycles. The lowest BCUT2D eigenvalue weighted by molar-refractivity contribution is -0.121. The van der Waals surface area contributed by atoms with Gasteiger partial charge in [0.05, 0.1) is 18.2 Å². The number of amides is 2. The molecule has 2 amide bonds. The Morgan fingerprint density at radius 3 is 2.55 bits per heavy atom. The van der Waals surface area contributed by atoms with Gasteiger partial charge in [0.25, 0.3) is 5.91 Å². The van der Waals surface area contributed by atoms with Crippen molar-refractivity contribution in [2.24, 2.45) is 5.92 Å². The number of rotatable bonds is 10. The Morgan fingerprint density at radius 1 is 1.03 bits per heavy atom.